The topological polar surface area (TPSA) is 65.7 Å². The van der Waals surface area contributed by atoms with Crippen LogP contribution in [-0.2, 0) is 6.54 Å². The Morgan fingerprint density at radius 2 is 1.85 bits per heavy atom. The molecule has 7 nitrogen and oxygen atoms in total. The van der Waals surface area contributed by atoms with Crippen LogP contribution < -0.4 is 4.90 Å². The number of terminal acetylenes is 1. The maximum Gasteiger partial charge on any atom is 0.289 e. The average Bonchev–Trinajstić information content (AvgIpc) is 3.43. The van der Waals surface area contributed by atoms with Gasteiger partial charge in [0.05, 0.1) is 24.9 Å². The molecule has 1 saturated carbocycles. The van der Waals surface area contributed by atoms with Crippen molar-refractivity contribution in [1.29, 1.82) is 0 Å². The van der Waals surface area contributed by atoms with Crippen molar-refractivity contribution >= 4 is 22.6 Å². The number of piperazine rings is 1. The Hall–Kier alpha value is -3.37. The van der Waals surface area contributed by atoms with E-state index < -0.39 is 0 Å². The van der Waals surface area contributed by atoms with Crippen LogP contribution in [0.2, 0.25) is 0 Å². The first kappa shape index (κ1) is 22.4. The molecule has 5 rings (SSSR count). The summed E-state index contributed by atoms with van der Waals surface area (Å²) in [4.78, 5) is 29.1. The van der Waals surface area contributed by atoms with Crippen molar-refractivity contribution < 1.29 is 9.21 Å². The minimum absolute atomic E-state index is 0.0599. The van der Waals surface area contributed by atoms with E-state index >= 15 is 0 Å². The molecule has 2 aromatic heterocycles. The fourth-order valence-corrected chi connectivity index (χ4v) is 5.16. The third kappa shape index (κ3) is 4.78. The van der Waals surface area contributed by atoms with Gasteiger partial charge in [-0.15, -0.1) is 6.42 Å². The molecule has 2 aliphatic rings. The van der Waals surface area contributed by atoms with Gasteiger partial charge in [-0.3, -0.25) is 9.69 Å². The molecule has 1 amide bonds. The Labute approximate surface area is 200 Å². The molecular weight excluding hydrogens is 426 g/mol. The molecule has 0 N–H and O–H groups in total. The lowest BCUT2D eigenvalue weighted by molar-refractivity contribution is 0.0714. The predicted molar refractivity (Wildman–Crippen MR) is 132 cm³/mol. The van der Waals surface area contributed by atoms with Crippen molar-refractivity contribution in [2.24, 2.45) is 0 Å². The number of amides is 1. The van der Waals surface area contributed by atoms with Crippen LogP contribution in [0.4, 0.5) is 5.82 Å². The Morgan fingerprint density at radius 1 is 1.06 bits per heavy atom. The van der Waals surface area contributed by atoms with Crippen molar-refractivity contribution in [2.75, 3.05) is 37.6 Å². The number of furan rings is 1. The third-order valence-corrected chi connectivity index (χ3v) is 6.96. The second-order valence-electron chi connectivity index (χ2n) is 9.14. The third-order valence-electron chi connectivity index (χ3n) is 6.96. The van der Waals surface area contributed by atoms with Crippen molar-refractivity contribution in [1.82, 2.24) is 19.8 Å². The predicted octanol–water partition coefficient (Wildman–Crippen LogP) is 3.95. The van der Waals surface area contributed by atoms with E-state index in [1.807, 2.05) is 23.1 Å². The van der Waals surface area contributed by atoms with Crippen LogP contribution >= 0.6 is 0 Å². The number of aromatic nitrogens is 2. The highest BCUT2D eigenvalue weighted by Gasteiger charge is 2.27. The van der Waals surface area contributed by atoms with Crippen molar-refractivity contribution in [3.63, 3.8) is 0 Å². The van der Waals surface area contributed by atoms with E-state index in [0.717, 1.165) is 22.5 Å². The normalized spacial score (nSPS) is 17.3. The molecule has 0 unspecified atom stereocenters. The first-order chi connectivity index (χ1) is 16.7. The van der Waals surface area contributed by atoms with Gasteiger partial charge in [0.15, 0.2) is 5.76 Å². The molecule has 1 saturated heterocycles. The zero-order chi connectivity index (χ0) is 23.3. The lowest BCUT2D eigenvalue weighted by Gasteiger charge is -2.36. The number of para-hydroxylation sites is 1. The lowest BCUT2D eigenvalue weighted by Crippen LogP contribution is -2.49. The quantitative estimate of drug-likeness (QED) is 0.522. The van der Waals surface area contributed by atoms with Crippen LogP contribution in [0, 0.1) is 12.3 Å². The largest absolute Gasteiger partial charge is 0.459 e. The van der Waals surface area contributed by atoms with Crippen molar-refractivity contribution in [2.45, 2.75) is 44.7 Å². The number of nitrogens with zero attached hydrogens (tertiary/aromatic N) is 5. The lowest BCUT2D eigenvalue weighted by atomic mass is 9.94. The Balaban J connectivity index is 1.37. The highest BCUT2D eigenvalue weighted by atomic mass is 16.3. The number of carbonyl (C=O) groups excluding carboxylic acids is 1. The van der Waals surface area contributed by atoms with Crippen LogP contribution in [0.25, 0.3) is 10.9 Å². The fourth-order valence-electron chi connectivity index (χ4n) is 5.16. The molecule has 0 spiro atoms. The molecule has 3 aromatic rings. The van der Waals surface area contributed by atoms with Gasteiger partial charge in [0.2, 0.25) is 0 Å². The van der Waals surface area contributed by atoms with E-state index in [-0.39, 0.29) is 5.91 Å². The minimum atomic E-state index is -0.0599. The summed E-state index contributed by atoms with van der Waals surface area (Å²) in [5.41, 5.74) is 0.945. The van der Waals surface area contributed by atoms with E-state index in [4.69, 9.17) is 20.8 Å². The first-order valence-corrected chi connectivity index (χ1v) is 12.2. The van der Waals surface area contributed by atoms with Crippen LogP contribution in [0.3, 0.4) is 0 Å². The van der Waals surface area contributed by atoms with Crippen molar-refractivity contribution in [3.8, 4) is 12.3 Å². The zero-order valence-corrected chi connectivity index (χ0v) is 19.5. The van der Waals surface area contributed by atoms with Gasteiger partial charge in [-0.05, 0) is 37.1 Å². The van der Waals surface area contributed by atoms with E-state index in [2.05, 4.69) is 21.8 Å². The Bertz CT molecular complexity index is 1160. The van der Waals surface area contributed by atoms with Crippen LogP contribution in [0.5, 0.6) is 0 Å². The van der Waals surface area contributed by atoms with E-state index in [1.54, 1.807) is 12.1 Å². The summed E-state index contributed by atoms with van der Waals surface area (Å²) in [5.74, 6) is 4.92. The number of rotatable bonds is 6. The van der Waals surface area contributed by atoms with E-state index in [9.17, 15) is 4.79 Å². The van der Waals surface area contributed by atoms with E-state index in [0.29, 0.717) is 51.1 Å². The van der Waals surface area contributed by atoms with Crippen LogP contribution in [0.1, 0.15) is 48.5 Å². The maximum atomic E-state index is 12.7. The fraction of sp³-hybridized carbons (Fsp3) is 0.444. The number of fused-ring (bicyclic) bond motifs is 1. The van der Waals surface area contributed by atoms with Gasteiger partial charge >= 0.3 is 0 Å². The highest BCUT2D eigenvalue weighted by Crippen LogP contribution is 2.27. The zero-order valence-electron chi connectivity index (χ0n) is 19.5. The summed E-state index contributed by atoms with van der Waals surface area (Å²) >= 11 is 0. The number of benzene rings is 1. The molecule has 7 heteroatoms. The average molecular weight is 458 g/mol. The second-order valence-corrected chi connectivity index (χ2v) is 9.14. The monoisotopic (exact) mass is 457 g/mol. The van der Waals surface area contributed by atoms with Gasteiger partial charge in [0, 0.05) is 37.6 Å². The molecule has 1 aliphatic carbocycles. The van der Waals surface area contributed by atoms with Gasteiger partial charge in [-0.2, -0.15) is 0 Å². The van der Waals surface area contributed by atoms with Gasteiger partial charge in [0.1, 0.15) is 11.6 Å². The summed E-state index contributed by atoms with van der Waals surface area (Å²) in [6.45, 7) is 3.94. The summed E-state index contributed by atoms with van der Waals surface area (Å²) in [6, 6.07) is 12.1. The minimum Gasteiger partial charge on any atom is -0.459 e. The number of hydrogen-bond donors (Lipinski definition) is 0. The molecule has 1 aliphatic heterocycles. The maximum absolute atomic E-state index is 12.7. The molecule has 0 atom stereocenters. The van der Waals surface area contributed by atoms with Gasteiger partial charge in [-0.1, -0.05) is 37.3 Å². The van der Waals surface area contributed by atoms with Crippen LogP contribution in [0.15, 0.2) is 47.1 Å². The molecule has 0 radical (unpaired) electrons. The molecule has 3 heterocycles. The molecule has 0 bridgehead atoms. The van der Waals surface area contributed by atoms with Gasteiger partial charge in [-0.25, -0.2) is 9.97 Å². The first-order valence-electron chi connectivity index (χ1n) is 12.2. The Kier molecular flexibility index (Phi) is 6.77. The number of hydrogen-bond acceptors (Lipinski definition) is 6. The Morgan fingerprint density at radius 3 is 2.59 bits per heavy atom. The van der Waals surface area contributed by atoms with Gasteiger partial charge in [0.25, 0.3) is 5.91 Å². The summed E-state index contributed by atoms with van der Waals surface area (Å²) in [7, 11) is 0. The summed E-state index contributed by atoms with van der Waals surface area (Å²) < 4.78 is 5.30. The SMILES string of the molecule is C#CCN(Cc1nc(N2CCN(C(=O)c3ccco3)CC2)c2ccccc2n1)C1CCCCC1. The second kappa shape index (κ2) is 10.3. The molecular formula is C27H31N5O2. The summed E-state index contributed by atoms with van der Waals surface area (Å²) in [6.07, 6.45) is 13.5. The van der Waals surface area contributed by atoms with E-state index in [1.165, 1.54) is 38.4 Å². The smallest absolute Gasteiger partial charge is 0.289 e. The molecule has 34 heavy (non-hydrogen) atoms. The molecule has 1 aromatic carbocycles. The standard InChI is InChI=1S/C27H31N5O2/c1-2-14-32(21-9-4-3-5-10-21)20-25-28-23-12-7-6-11-22(23)26(29-25)30-15-17-31(18-16-30)27(33)24-13-8-19-34-24/h1,6-8,11-13,19,21H,3-5,9-10,14-18,20H2. The molecule has 2 fully saturated rings. The van der Waals surface area contributed by atoms with Gasteiger partial charge < -0.3 is 14.2 Å². The molecule has 176 valence electrons. The summed E-state index contributed by atoms with van der Waals surface area (Å²) in [5, 5.41) is 1.04. The van der Waals surface area contributed by atoms with Crippen LogP contribution in [-0.4, -0.2) is 64.4 Å². The van der Waals surface area contributed by atoms with Crippen molar-refractivity contribution in [3.05, 3.63) is 54.2 Å². The number of anilines is 1. The number of carbonyl (C=O) groups is 1. The highest BCUT2D eigenvalue weighted by molar-refractivity contribution is 5.92.